The van der Waals surface area contributed by atoms with Gasteiger partial charge in [-0.3, -0.25) is 15.5 Å². The van der Waals surface area contributed by atoms with E-state index in [2.05, 4.69) is 15.6 Å². The quantitative estimate of drug-likeness (QED) is 0.104. The molecule has 51 heavy (non-hydrogen) atoms. The SMILES string of the molecule is CC(C)Nc1c(C2=CCC(NC(=O)OC(C)(C)C)CC2)cnc(N(C(=O)OC(C)(C)C)C(=O)OC(C)(C)C)c1C(=N)c1ccc([N+](=O)[O-])c(F)c1. The predicted octanol–water partition coefficient (Wildman–Crippen LogP) is 8.50. The zero-order valence-electron chi connectivity index (χ0n) is 31.1. The maximum Gasteiger partial charge on any atom is 0.425 e. The van der Waals surface area contributed by atoms with Gasteiger partial charge in [-0.1, -0.05) is 6.08 Å². The van der Waals surface area contributed by atoms with Gasteiger partial charge in [0.2, 0.25) is 5.82 Å². The minimum Gasteiger partial charge on any atom is -0.444 e. The topological polar surface area (TPSA) is 186 Å². The Morgan fingerprint density at radius 2 is 1.57 bits per heavy atom. The number of carbonyl (C=O) groups is 3. The Labute approximate surface area is 297 Å². The van der Waals surface area contributed by atoms with E-state index >= 15 is 0 Å². The Morgan fingerprint density at radius 3 is 2.02 bits per heavy atom. The van der Waals surface area contributed by atoms with Crippen molar-refractivity contribution in [1.29, 1.82) is 5.41 Å². The number of hydrogen-bond donors (Lipinski definition) is 3. The lowest BCUT2D eigenvalue weighted by Crippen LogP contribution is -2.45. The number of rotatable bonds is 8. The van der Waals surface area contributed by atoms with Crippen LogP contribution in [0.3, 0.4) is 0 Å². The average molecular weight is 713 g/mol. The molecule has 1 heterocycles. The summed E-state index contributed by atoms with van der Waals surface area (Å²) in [5, 5.41) is 27.0. The first-order valence-corrected chi connectivity index (χ1v) is 16.6. The molecule has 1 unspecified atom stereocenters. The van der Waals surface area contributed by atoms with Gasteiger partial charge in [-0.2, -0.15) is 9.29 Å². The number of anilines is 2. The molecule has 3 amide bonds. The van der Waals surface area contributed by atoms with Gasteiger partial charge in [0.1, 0.15) is 16.8 Å². The number of nitro groups is 1. The zero-order chi connectivity index (χ0) is 38.6. The number of amides is 3. The Balaban J connectivity index is 2.31. The molecule has 1 aliphatic carbocycles. The molecule has 0 radical (unpaired) electrons. The van der Waals surface area contributed by atoms with E-state index in [1.807, 2.05) is 19.9 Å². The maximum absolute atomic E-state index is 15.0. The van der Waals surface area contributed by atoms with Gasteiger partial charge in [0.15, 0.2) is 5.82 Å². The van der Waals surface area contributed by atoms with Gasteiger partial charge in [0.25, 0.3) is 0 Å². The lowest BCUT2D eigenvalue weighted by molar-refractivity contribution is -0.387. The molecule has 15 heteroatoms. The Kier molecular flexibility index (Phi) is 12.2. The Morgan fingerprint density at radius 1 is 1.00 bits per heavy atom. The summed E-state index contributed by atoms with van der Waals surface area (Å²) < 4.78 is 31.6. The first kappa shape index (κ1) is 40.4. The van der Waals surface area contributed by atoms with E-state index < -0.39 is 57.2 Å². The number of alkyl carbamates (subject to hydrolysis) is 1. The summed E-state index contributed by atoms with van der Waals surface area (Å²) in [6.45, 7) is 18.7. The van der Waals surface area contributed by atoms with E-state index in [0.717, 1.165) is 17.7 Å². The molecule has 1 aromatic heterocycles. The van der Waals surface area contributed by atoms with Gasteiger partial charge >= 0.3 is 24.0 Å². The highest BCUT2D eigenvalue weighted by molar-refractivity contribution is 6.22. The number of imide groups is 1. The molecule has 0 bridgehead atoms. The zero-order valence-corrected chi connectivity index (χ0v) is 31.1. The van der Waals surface area contributed by atoms with Crippen molar-refractivity contribution in [3.63, 3.8) is 0 Å². The number of nitrogens with zero attached hydrogens (tertiary/aromatic N) is 3. The van der Waals surface area contributed by atoms with Crippen molar-refractivity contribution < 1.29 is 37.9 Å². The summed E-state index contributed by atoms with van der Waals surface area (Å²) in [6.07, 6.45) is 2.03. The van der Waals surface area contributed by atoms with Crippen molar-refractivity contribution in [2.75, 3.05) is 10.2 Å². The first-order valence-electron chi connectivity index (χ1n) is 16.6. The third kappa shape index (κ3) is 11.2. The van der Waals surface area contributed by atoms with Crippen molar-refractivity contribution >= 4 is 46.8 Å². The predicted molar refractivity (Wildman–Crippen MR) is 192 cm³/mol. The second kappa shape index (κ2) is 15.4. The highest BCUT2D eigenvalue weighted by atomic mass is 19.1. The summed E-state index contributed by atoms with van der Waals surface area (Å²) in [6, 6.07) is 2.51. The van der Waals surface area contributed by atoms with E-state index in [4.69, 9.17) is 14.2 Å². The largest absolute Gasteiger partial charge is 0.444 e. The van der Waals surface area contributed by atoms with Gasteiger partial charge < -0.3 is 24.8 Å². The molecule has 0 saturated carbocycles. The highest BCUT2D eigenvalue weighted by Crippen LogP contribution is 2.39. The average Bonchev–Trinajstić information content (AvgIpc) is 2.94. The van der Waals surface area contributed by atoms with E-state index in [1.165, 1.54) is 12.3 Å². The Hall–Kier alpha value is -5.08. The molecule has 0 spiro atoms. The first-order chi connectivity index (χ1) is 23.4. The number of carbonyl (C=O) groups excluding carboxylic acids is 3. The molecule has 1 atom stereocenters. The summed E-state index contributed by atoms with van der Waals surface area (Å²) >= 11 is 0. The second-order valence-electron chi connectivity index (χ2n) is 15.5. The van der Waals surface area contributed by atoms with Crippen molar-refractivity contribution in [3.8, 4) is 0 Å². The molecule has 0 aliphatic heterocycles. The molecule has 0 fully saturated rings. The fraction of sp³-hybridized carbons (Fsp3) is 0.528. The standard InChI is InChI=1S/C36H49FN6O8/c1-20(2)40-29-24(21-12-15-23(16-13-21)41-31(44)49-34(3,4)5)19-39-30(27(29)28(38)22-14-17-26(43(47)48)25(37)18-22)42(32(45)50-35(6,7)8)33(46)51-36(9,10)11/h12,14,17-20,23,38H,13,15-16H2,1-11H3,(H,39,40)(H,41,44). The van der Waals surface area contributed by atoms with Crippen LogP contribution in [-0.2, 0) is 14.2 Å². The number of ether oxygens (including phenoxy) is 3. The maximum atomic E-state index is 15.0. The van der Waals surface area contributed by atoms with Crippen LogP contribution < -0.4 is 15.5 Å². The second-order valence-corrected chi connectivity index (χ2v) is 15.5. The summed E-state index contributed by atoms with van der Waals surface area (Å²) in [4.78, 5) is 55.6. The number of allylic oxidation sites excluding steroid dienone is 1. The number of hydrogen-bond acceptors (Lipinski definition) is 11. The molecule has 3 N–H and O–H groups in total. The lowest BCUT2D eigenvalue weighted by atomic mass is 9.88. The van der Waals surface area contributed by atoms with Gasteiger partial charge in [-0.05, 0) is 113 Å². The third-order valence-electron chi connectivity index (χ3n) is 7.02. The van der Waals surface area contributed by atoms with Gasteiger partial charge in [0, 0.05) is 35.5 Å². The molecule has 1 aromatic carbocycles. The van der Waals surface area contributed by atoms with Crippen molar-refractivity contribution in [3.05, 3.63) is 63.1 Å². The normalized spacial score (nSPS) is 15.0. The lowest BCUT2D eigenvalue weighted by Gasteiger charge is -2.31. The molecule has 3 rings (SSSR count). The number of pyridine rings is 1. The third-order valence-corrected chi connectivity index (χ3v) is 7.02. The Bertz CT molecular complexity index is 1690. The number of benzene rings is 1. The molecular formula is C36H49FN6O8. The van der Waals surface area contributed by atoms with Gasteiger partial charge in [0.05, 0.1) is 21.9 Å². The van der Waals surface area contributed by atoms with E-state index in [1.54, 1.807) is 62.3 Å². The van der Waals surface area contributed by atoms with Crippen LogP contribution in [0, 0.1) is 21.3 Å². The monoisotopic (exact) mass is 712 g/mol. The van der Waals surface area contributed by atoms with E-state index in [-0.39, 0.29) is 29.0 Å². The van der Waals surface area contributed by atoms with Crippen LogP contribution >= 0.6 is 0 Å². The van der Waals surface area contributed by atoms with Gasteiger partial charge in [-0.25, -0.2) is 19.4 Å². The molecule has 2 aromatic rings. The van der Waals surface area contributed by atoms with Crippen LogP contribution in [0.25, 0.3) is 5.57 Å². The number of nitrogens with one attached hydrogen (secondary N) is 3. The van der Waals surface area contributed by atoms with E-state index in [9.17, 15) is 34.3 Å². The smallest absolute Gasteiger partial charge is 0.425 e. The van der Waals surface area contributed by atoms with Gasteiger partial charge in [-0.15, -0.1) is 0 Å². The number of halogens is 1. The van der Waals surface area contributed by atoms with Crippen LogP contribution in [0.1, 0.15) is 112 Å². The molecule has 0 saturated heterocycles. The van der Waals surface area contributed by atoms with Crippen molar-refractivity contribution in [2.45, 2.75) is 124 Å². The molecular weight excluding hydrogens is 663 g/mol. The summed E-state index contributed by atoms with van der Waals surface area (Å²) in [5.41, 5.74) is -2.50. The van der Waals surface area contributed by atoms with Crippen molar-refractivity contribution in [1.82, 2.24) is 10.3 Å². The summed E-state index contributed by atoms with van der Waals surface area (Å²) in [5.74, 6) is -1.52. The fourth-order valence-corrected chi connectivity index (χ4v) is 5.09. The summed E-state index contributed by atoms with van der Waals surface area (Å²) in [7, 11) is 0. The fourth-order valence-electron chi connectivity index (χ4n) is 5.09. The number of aromatic nitrogens is 1. The van der Waals surface area contributed by atoms with Crippen molar-refractivity contribution in [2.24, 2.45) is 0 Å². The van der Waals surface area contributed by atoms with Crippen LogP contribution in [0.15, 0.2) is 30.5 Å². The van der Waals surface area contributed by atoms with Crippen LogP contribution in [0.5, 0.6) is 0 Å². The van der Waals surface area contributed by atoms with Crippen LogP contribution in [0.2, 0.25) is 0 Å². The molecule has 278 valence electrons. The van der Waals surface area contributed by atoms with Crippen LogP contribution in [0.4, 0.5) is 36.0 Å². The van der Waals surface area contributed by atoms with Crippen LogP contribution in [-0.4, -0.2) is 62.8 Å². The minimum atomic E-state index is -1.18. The van der Waals surface area contributed by atoms with E-state index in [0.29, 0.717) is 35.4 Å². The number of nitro benzene ring substituents is 1. The minimum absolute atomic E-state index is 0.0823. The molecule has 1 aliphatic rings. The molecule has 14 nitrogen and oxygen atoms in total. The highest BCUT2D eigenvalue weighted by Gasteiger charge is 2.38.